The largest absolute Gasteiger partial charge is 0.416 e. The van der Waals surface area contributed by atoms with Crippen molar-refractivity contribution in [1.82, 2.24) is 0 Å². The van der Waals surface area contributed by atoms with E-state index in [0.29, 0.717) is 22.2 Å². The van der Waals surface area contributed by atoms with Crippen LogP contribution in [-0.4, -0.2) is 0 Å². The van der Waals surface area contributed by atoms with E-state index in [9.17, 15) is 13.2 Å². The molecular formula is C25H23F3N+. The number of halogens is 3. The summed E-state index contributed by atoms with van der Waals surface area (Å²) < 4.78 is 51.0. The number of hydrogen-bond acceptors (Lipinski definition) is 0. The van der Waals surface area contributed by atoms with Crippen LogP contribution in [0, 0.1) is 27.7 Å². The number of fused-ring (bicyclic) bond motifs is 3. The molecular weight excluding hydrogens is 371 g/mol. The monoisotopic (exact) mass is 395 g/mol. The van der Waals surface area contributed by atoms with E-state index in [2.05, 4.69) is 12.1 Å². The highest BCUT2D eigenvalue weighted by Gasteiger charge is 2.31. The minimum Gasteiger partial charge on any atom is -0.198 e. The average molecular weight is 395 g/mol. The van der Waals surface area contributed by atoms with Crippen LogP contribution < -0.4 is 4.57 Å². The van der Waals surface area contributed by atoms with Crippen LogP contribution >= 0.6 is 0 Å². The lowest BCUT2D eigenvalue weighted by Gasteiger charge is -2.15. The lowest BCUT2D eigenvalue weighted by Crippen LogP contribution is -2.35. The molecule has 1 aromatic heterocycles. The fourth-order valence-corrected chi connectivity index (χ4v) is 4.07. The minimum atomic E-state index is -4.43. The van der Waals surface area contributed by atoms with Crippen LogP contribution in [0.15, 0.2) is 48.5 Å². The van der Waals surface area contributed by atoms with Crippen LogP contribution in [0.5, 0.6) is 0 Å². The summed E-state index contributed by atoms with van der Waals surface area (Å²) in [6, 6.07) is 12.0. The van der Waals surface area contributed by atoms with Crippen molar-refractivity contribution in [2.75, 3.05) is 0 Å². The van der Waals surface area contributed by atoms with Gasteiger partial charge in [-0.1, -0.05) is 29.8 Å². The molecule has 0 saturated heterocycles. The summed E-state index contributed by atoms with van der Waals surface area (Å²) in [5, 5.41) is 2.58. The first-order valence-electron chi connectivity index (χ1n) is 10.0. The molecule has 0 bridgehead atoms. The van der Waals surface area contributed by atoms with E-state index < -0.39 is 11.7 Å². The van der Waals surface area contributed by atoms with Crippen molar-refractivity contribution in [2.45, 2.75) is 33.9 Å². The lowest BCUT2D eigenvalue weighted by molar-refractivity contribution is -0.665. The Morgan fingerprint density at radius 3 is 2.24 bits per heavy atom. The normalized spacial score (nSPS) is 12.6. The van der Waals surface area contributed by atoms with Crippen LogP contribution in [0.2, 0.25) is 0 Å². The van der Waals surface area contributed by atoms with Gasteiger partial charge < -0.3 is 0 Å². The van der Waals surface area contributed by atoms with Gasteiger partial charge in [-0.2, -0.15) is 17.7 Å². The van der Waals surface area contributed by atoms with Gasteiger partial charge in [-0.15, -0.1) is 0 Å². The van der Waals surface area contributed by atoms with E-state index in [-0.39, 0.29) is 0 Å². The van der Waals surface area contributed by atoms with E-state index in [4.69, 9.17) is 1.37 Å². The van der Waals surface area contributed by atoms with E-state index in [1.807, 2.05) is 45.4 Å². The summed E-state index contributed by atoms with van der Waals surface area (Å²) in [6.07, 6.45) is -4.43. The molecule has 0 aliphatic carbocycles. The fourth-order valence-electron chi connectivity index (χ4n) is 4.07. The third-order valence-electron chi connectivity index (χ3n) is 5.81. The van der Waals surface area contributed by atoms with Gasteiger partial charge in [0.2, 0.25) is 5.69 Å². The quantitative estimate of drug-likeness (QED) is 0.248. The molecule has 4 aromatic rings. The Bertz CT molecular complexity index is 1340. The maximum absolute atomic E-state index is 13.5. The molecule has 1 nitrogen and oxygen atoms in total. The highest BCUT2D eigenvalue weighted by atomic mass is 19.4. The predicted octanol–water partition coefficient (Wildman–Crippen LogP) is 6.74. The fraction of sp³-hybridized carbons (Fsp3) is 0.240. The molecule has 0 spiro atoms. The standard InChI is InChI=1S/C25H23F3N/c1-14-10-15(2)17(4)21(11-14)24-23-19(12-16(3)29(24)5)7-6-18-8-9-20(13-22(18)23)25(26,27)28/h6-13H,1-5H3/q+1/i12D. The van der Waals surface area contributed by atoms with Crippen LogP contribution in [0.3, 0.4) is 0 Å². The topological polar surface area (TPSA) is 3.88 Å². The molecule has 0 aliphatic rings. The molecule has 0 atom stereocenters. The zero-order valence-electron chi connectivity index (χ0n) is 18.1. The van der Waals surface area contributed by atoms with Crippen molar-refractivity contribution in [3.05, 3.63) is 76.5 Å². The number of benzene rings is 3. The summed E-state index contributed by atoms with van der Waals surface area (Å²) in [4.78, 5) is 0. The van der Waals surface area contributed by atoms with Crippen molar-refractivity contribution >= 4 is 21.5 Å². The Morgan fingerprint density at radius 2 is 1.55 bits per heavy atom. The summed E-state index contributed by atoms with van der Waals surface area (Å²) in [5.74, 6) is 0. The van der Waals surface area contributed by atoms with Gasteiger partial charge in [0, 0.05) is 13.0 Å². The molecule has 0 unspecified atom stereocenters. The summed E-state index contributed by atoms with van der Waals surface area (Å²) in [7, 11) is 1.88. The second-order valence-electron chi connectivity index (χ2n) is 7.79. The third-order valence-corrected chi connectivity index (χ3v) is 5.81. The maximum atomic E-state index is 13.5. The van der Waals surface area contributed by atoms with Crippen molar-refractivity contribution in [3.8, 4) is 11.3 Å². The van der Waals surface area contributed by atoms with Crippen molar-refractivity contribution in [2.24, 2.45) is 7.05 Å². The van der Waals surface area contributed by atoms with Crippen LogP contribution in [0.25, 0.3) is 32.8 Å². The van der Waals surface area contributed by atoms with E-state index in [1.54, 1.807) is 6.07 Å². The summed E-state index contributed by atoms with van der Waals surface area (Å²) in [6.45, 7) is 7.97. The molecule has 0 amide bonds. The van der Waals surface area contributed by atoms with Gasteiger partial charge >= 0.3 is 6.18 Å². The zero-order chi connectivity index (χ0) is 22.0. The first-order chi connectivity index (χ1) is 14.0. The van der Waals surface area contributed by atoms with Gasteiger partial charge in [0.1, 0.15) is 7.05 Å². The van der Waals surface area contributed by atoms with Crippen molar-refractivity contribution in [1.29, 1.82) is 0 Å². The molecule has 148 valence electrons. The first kappa shape index (κ1) is 18.2. The molecule has 0 fully saturated rings. The van der Waals surface area contributed by atoms with Gasteiger partial charge in [0.25, 0.3) is 0 Å². The third kappa shape index (κ3) is 3.17. The molecule has 1 heterocycles. The number of nitrogens with zero attached hydrogens (tertiary/aromatic N) is 1. The van der Waals surface area contributed by atoms with Gasteiger partial charge in [0.05, 0.1) is 17.9 Å². The zero-order valence-corrected chi connectivity index (χ0v) is 17.1. The number of pyridine rings is 1. The Balaban J connectivity index is 2.29. The molecule has 4 heteroatoms. The molecule has 4 rings (SSSR count). The van der Waals surface area contributed by atoms with Gasteiger partial charge in [0.15, 0.2) is 5.69 Å². The molecule has 0 radical (unpaired) electrons. The van der Waals surface area contributed by atoms with E-state index >= 15 is 0 Å². The Morgan fingerprint density at radius 1 is 0.897 bits per heavy atom. The average Bonchev–Trinajstić information content (AvgIpc) is 2.68. The second kappa shape index (κ2) is 6.58. The Hall–Kier alpha value is -2.88. The smallest absolute Gasteiger partial charge is 0.198 e. The maximum Gasteiger partial charge on any atom is 0.416 e. The number of hydrogen-bond donors (Lipinski definition) is 0. The SMILES string of the molecule is [2H]c1c(C)[n+](C)c(-c2cc(C)cc(C)c2C)c2c1ccc1ccc(C(F)(F)F)cc12. The first-order valence-corrected chi connectivity index (χ1v) is 9.51. The minimum absolute atomic E-state index is 0.331. The molecule has 3 aromatic carbocycles. The summed E-state index contributed by atoms with van der Waals surface area (Å²) in [5.41, 5.74) is 5.20. The highest BCUT2D eigenvalue weighted by molar-refractivity contribution is 6.13. The van der Waals surface area contributed by atoms with E-state index in [0.717, 1.165) is 45.1 Å². The predicted molar refractivity (Wildman–Crippen MR) is 112 cm³/mol. The van der Waals surface area contributed by atoms with Gasteiger partial charge in [-0.05, 0) is 66.3 Å². The van der Waals surface area contributed by atoms with Gasteiger partial charge in [-0.25, -0.2) is 0 Å². The number of alkyl halides is 3. The van der Waals surface area contributed by atoms with E-state index in [1.165, 1.54) is 12.1 Å². The lowest BCUT2D eigenvalue weighted by atomic mass is 9.91. The van der Waals surface area contributed by atoms with Crippen molar-refractivity contribution in [3.63, 3.8) is 0 Å². The molecule has 0 aliphatic heterocycles. The Kier molecular flexibility index (Phi) is 4.12. The molecule has 0 N–H and O–H groups in total. The Labute approximate surface area is 169 Å². The highest BCUT2D eigenvalue weighted by Crippen LogP contribution is 2.38. The number of aryl methyl sites for hydroxylation is 2. The summed E-state index contributed by atoms with van der Waals surface area (Å²) >= 11 is 0. The molecule has 29 heavy (non-hydrogen) atoms. The van der Waals surface area contributed by atoms with Crippen LogP contribution in [0.4, 0.5) is 13.2 Å². The number of rotatable bonds is 1. The van der Waals surface area contributed by atoms with Crippen molar-refractivity contribution < 1.29 is 19.1 Å². The second-order valence-corrected chi connectivity index (χ2v) is 7.79. The van der Waals surface area contributed by atoms with Gasteiger partial charge in [-0.3, -0.25) is 0 Å². The van der Waals surface area contributed by atoms with Crippen LogP contribution in [0.1, 0.15) is 29.3 Å². The van der Waals surface area contributed by atoms with Crippen LogP contribution in [-0.2, 0) is 13.2 Å². The molecule has 0 saturated carbocycles. The number of aromatic nitrogens is 1.